The Morgan fingerprint density at radius 2 is 1.89 bits per heavy atom. The third-order valence-corrected chi connectivity index (χ3v) is 4.52. The van der Waals surface area contributed by atoms with Gasteiger partial charge in [0.15, 0.2) is 11.6 Å². The van der Waals surface area contributed by atoms with Crippen LogP contribution in [-0.2, 0) is 4.79 Å². The molecule has 1 heterocycles. The summed E-state index contributed by atoms with van der Waals surface area (Å²) >= 11 is 1.08. The summed E-state index contributed by atoms with van der Waals surface area (Å²) in [5, 5.41) is 6.81. The number of primary amides is 1. The predicted octanol–water partition coefficient (Wildman–Crippen LogP) is 2.98. The zero-order chi connectivity index (χ0) is 19.4. The lowest BCUT2D eigenvalue weighted by atomic mass is 10.2. The van der Waals surface area contributed by atoms with Gasteiger partial charge in [0.05, 0.1) is 17.1 Å². The molecule has 3 aromatic rings. The van der Waals surface area contributed by atoms with Gasteiger partial charge in [-0.3, -0.25) is 9.59 Å². The smallest absolute Gasteiger partial charge is 0.269 e. The van der Waals surface area contributed by atoms with Crippen molar-refractivity contribution in [2.75, 3.05) is 11.1 Å². The second-order valence-electron chi connectivity index (χ2n) is 5.44. The van der Waals surface area contributed by atoms with E-state index in [2.05, 4.69) is 10.4 Å². The van der Waals surface area contributed by atoms with E-state index >= 15 is 0 Å². The number of thioether (sulfide) groups is 1. The monoisotopic (exact) mass is 388 g/mol. The molecule has 0 saturated heterocycles. The van der Waals surface area contributed by atoms with Crippen molar-refractivity contribution >= 4 is 29.3 Å². The van der Waals surface area contributed by atoms with Crippen LogP contribution in [-0.4, -0.2) is 27.3 Å². The summed E-state index contributed by atoms with van der Waals surface area (Å²) in [6, 6.07) is 11.8. The van der Waals surface area contributed by atoms with Crippen molar-refractivity contribution in [3.05, 3.63) is 72.1 Å². The minimum atomic E-state index is -0.963. The van der Waals surface area contributed by atoms with Crippen LogP contribution in [0.4, 0.5) is 14.5 Å². The molecular formula is C18H14F2N4O2S. The Hall–Kier alpha value is -3.20. The molecule has 0 fully saturated rings. The average molecular weight is 388 g/mol. The van der Waals surface area contributed by atoms with E-state index in [1.54, 1.807) is 30.5 Å². The fourth-order valence-corrected chi connectivity index (χ4v) is 2.99. The highest BCUT2D eigenvalue weighted by atomic mass is 32.2. The Kier molecular flexibility index (Phi) is 5.51. The number of rotatable bonds is 6. The zero-order valence-electron chi connectivity index (χ0n) is 13.9. The molecule has 1 aromatic heterocycles. The summed E-state index contributed by atoms with van der Waals surface area (Å²) in [6.45, 7) is 0. The molecule has 6 nitrogen and oxygen atoms in total. The number of amides is 2. The number of nitrogens with zero attached hydrogens (tertiary/aromatic N) is 2. The third kappa shape index (κ3) is 4.50. The maximum absolute atomic E-state index is 13.2. The van der Waals surface area contributed by atoms with Crippen molar-refractivity contribution in [1.29, 1.82) is 0 Å². The largest absolute Gasteiger partial charge is 0.364 e. The molecule has 138 valence electrons. The van der Waals surface area contributed by atoms with Crippen LogP contribution in [0.2, 0.25) is 0 Å². The van der Waals surface area contributed by atoms with Gasteiger partial charge in [0.25, 0.3) is 5.91 Å². The topological polar surface area (TPSA) is 90.0 Å². The van der Waals surface area contributed by atoms with E-state index in [9.17, 15) is 18.4 Å². The lowest BCUT2D eigenvalue weighted by molar-refractivity contribution is -0.113. The van der Waals surface area contributed by atoms with Crippen molar-refractivity contribution in [2.24, 2.45) is 5.73 Å². The molecule has 2 amide bonds. The minimum absolute atomic E-state index is 0.00501. The van der Waals surface area contributed by atoms with Gasteiger partial charge in [-0.2, -0.15) is 5.10 Å². The van der Waals surface area contributed by atoms with Crippen LogP contribution in [0.25, 0.3) is 5.69 Å². The van der Waals surface area contributed by atoms with Gasteiger partial charge in [-0.1, -0.05) is 12.1 Å². The van der Waals surface area contributed by atoms with E-state index in [1.807, 2.05) is 0 Å². The Morgan fingerprint density at radius 3 is 2.59 bits per heavy atom. The summed E-state index contributed by atoms with van der Waals surface area (Å²) in [4.78, 5) is 23.9. The number of halogens is 2. The Labute approximate surface area is 157 Å². The van der Waals surface area contributed by atoms with Crippen molar-refractivity contribution in [3.8, 4) is 5.69 Å². The molecule has 0 saturated carbocycles. The number of para-hydroxylation sites is 2. The van der Waals surface area contributed by atoms with Crippen LogP contribution in [0.3, 0.4) is 0 Å². The lowest BCUT2D eigenvalue weighted by Gasteiger charge is -2.11. The zero-order valence-corrected chi connectivity index (χ0v) is 14.7. The number of nitrogens with one attached hydrogen (secondary N) is 1. The van der Waals surface area contributed by atoms with Crippen molar-refractivity contribution in [3.63, 3.8) is 0 Å². The lowest BCUT2D eigenvalue weighted by Crippen LogP contribution is -2.16. The van der Waals surface area contributed by atoms with E-state index < -0.39 is 17.5 Å². The van der Waals surface area contributed by atoms with Crippen LogP contribution in [0.1, 0.15) is 10.5 Å². The minimum Gasteiger partial charge on any atom is -0.364 e. The van der Waals surface area contributed by atoms with Crippen LogP contribution in [0, 0.1) is 11.6 Å². The molecule has 3 rings (SSSR count). The van der Waals surface area contributed by atoms with E-state index in [0.29, 0.717) is 16.3 Å². The molecule has 0 unspecified atom stereocenters. The van der Waals surface area contributed by atoms with Crippen LogP contribution >= 0.6 is 11.8 Å². The van der Waals surface area contributed by atoms with Crippen LogP contribution < -0.4 is 11.1 Å². The summed E-state index contributed by atoms with van der Waals surface area (Å²) in [6.07, 6.45) is 1.56. The molecule has 0 radical (unpaired) electrons. The Morgan fingerprint density at radius 1 is 1.11 bits per heavy atom. The van der Waals surface area contributed by atoms with Crippen molar-refractivity contribution in [1.82, 2.24) is 9.78 Å². The maximum atomic E-state index is 13.2. The number of nitrogens with two attached hydrogens (primary N) is 1. The summed E-state index contributed by atoms with van der Waals surface area (Å²) in [5.41, 5.74) is 6.33. The van der Waals surface area contributed by atoms with Gasteiger partial charge in [0.2, 0.25) is 5.91 Å². The number of hydrogen-bond acceptors (Lipinski definition) is 4. The second kappa shape index (κ2) is 8.00. The quantitative estimate of drug-likeness (QED) is 0.635. The third-order valence-electron chi connectivity index (χ3n) is 3.53. The van der Waals surface area contributed by atoms with Crippen LogP contribution in [0.15, 0.2) is 59.6 Å². The standard InChI is InChI=1S/C18H14F2N4O2S/c19-12-6-5-11(9-13(12)20)27-10-17(25)22-14-3-1-2-4-16(14)24-8-7-15(23-24)18(21)26/h1-9H,10H2,(H2,21,26)(H,22,25). The molecule has 0 atom stereocenters. The predicted molar refractivity (Wildman–Crippen MR) is 97.8 cm³/mol. The molecule has 0 aliphatic rings. The van der Waals surface area contributed by atoms with E-state index in [-0.39, 0.29) is 17.4 Å². The highest BCUT2D eigenvalue weighted by molar-refractivity contribution is 8.00. The SMILES string of the molecule is NC(=O)c1ccn(-c2ccccc2NC(=O)CSc2ccc(F)c(F)c2)n1. The summed E-state index contributed by atoms with van der Waals surface area (Å²) in [7, 11) is 0. The molecule has 9 heteroatoms. The first-order valence-electron chi connectivity index (χ1n) is 7.76. The van der Waals surface area contributed by atoms with Gasteiger partial charge in [-0.25, -0.2) is 13.5 Å². The van der Waals surface area contributed by atoms with Crippen molar-refractivity contribution in [2.45, 2.75) is 4.90 Å². The van der Waals surface area contributed by atoms with Gasteiger partial charge in [0, 0.05) is 11.1 Å². The normalized spacial score (nSPS) is 10.6. The first-order chi connectivity index (χ1) is 12.9. The van der Waals surface area contributed by atoms with Gasteiger partial charge < -0.3 is 11.1 Å². The molecule has 0 aliphatic carbocycles. The molecular weight excluding hydrogens is 374 g/mol. The fraction of sp³-hybridized carbons (Fsp3) is 0.0556. The molecule has 27 heavy (non-hydrogen) atoms. The van der Waals surface area contributed by atoms with Gasteiger partial charge in [0.1, 0.15) is 5.69 Å². The Balaban J connectivity index is 1.70. The van der Waals surface area contributed by atoms with E-state index in [0.717, 1.165) is 23.9 Å². The number of benzene rings is 2. The number of anilines is 1. The van der Waals surface area contributed by atoms with Gasteiger partial charge >= 0.3 is 0 Å². The fourth-order valence-electron chi connectivity index (χ4n) is 2.27. The first-order valence-corrected chi connectivity index (χ1v) is 8.75. The number of carbonyl (C=O) groups excluding carboxylic acids is 2. The first kappa shape index (κ1) is 18.6. The summed E-state index contributed by atoms with van der Waals surface area (Å²) in [5.74, 6) is -2.88. The molecule has 0 bridgehead atoms. The summed E-state index contributed by atoms with van der Waals surface area (Å²) < 4.78 is 27.6. The van der Waals surface area contributed by atoms with E-state index in [1.165, 1.54) is 16.8 Å². The average Bonchev–Trinajstić information content (AvgIpc) is 3.13. The van der Waals surface area contributed by atoms with Gasteiger partial charge in [-0.15, -0.1) is 11.8 Å². The number of carbonyl (C=O) groups is 2. The highest BCUT2D eigenvalue weighted by Gasteiger charge is 2.12. The molecule has 2 aromatic carbocycles. The second-order valence-corrected chi connectivity index (χ2v) is 6.49. The van der Waals surface area contributed by atoms with Gasteiger partial charge in [-0.05, 0) is 36.4 Å². The number of hydrogen-bond donors (Lipinski definition) is 2. The molecule has 0 aliphatic heterocycles. The number of aromatic nitrogens is 2. The molecule has 0 spiro atoms. The Bertz CT molecular complexity index is 1010. The van der Waals surface area contributed by atoms with E-state index in [4.69, 9.17) is 5.73 Å². The molecule has 3 N–H and O–H groups in total. The van der Waals surface area contributed by atoms with Crippen molar-refractivity contribution < 1.29 is 18.4 Å². The van der Waals surface area contributed by atoms with Crippen LogP contribution in [0.5, 0.6) is 0 Å². The maximum Gasteiger partial charge on any atom is 0.269 e. The highest BCUT2D eigenvalue weighted by Crippen LogP contribution is 2.23.